The van der Waals surface area contributed by atoms with Gasteiger partial charge in [0.1, 0.15) is 11.4 Å². The van der Waals surface area contributed by atoms with Crippen LogP contribution in [0.4, 0.5) is 0 Å². The van der Waals surface area contributed by atoms with E-state index in [-0.39, 0.29) is 0 Å². The predicted molar refractivity (Wildman–Crippen MR) is 43.2 cm³/mol. The van der Waals surface area contributed by atoms with E-state index in [1.165, 1.54) is 5.56 Å². The molecule has 0 aliphatic carbocycles. The molecule has 0 aliphatic rings. The summed E-state index contributed by atoms with van der Waals surface area (Å²) in [7, 11) is 0. The minimum atomic E-state index is 1.01. The van der Waals surface area contributed by atoms with E-state index >= 15 is 0 Å². The quantitative estimate of drug-likeness (QED) is 0.479. The number of nitrogens with zero attached hydrogens (tertiary/aromatic N) is 2. The number of hydrogen-bond donors (Lipinski definition) is 0. The second-order valence-corrected chi connectivity index (χ2v) is 2.71. The van der Waals surface area contributed by atoms with Crippen molar-refractivity contribution >= 4 is 11.8 Å². The summed E-state index contributed by atoms with van der Waals surface area (Å²) in [6.45, 7) is 2.11. The number of rotatable bonds is 2. The fourth-order valence-electron chi connectivity index (χ4n) is 0.774. The van der Waals surface area contributed by atoms with Crippen molar-refractivity contribution in [3.05, 3.63) is 18.1 Å². The molecule has 10 heavy (non-hydrogen) atoms. The lowest BCUT2D eigenvalue weighted by Gasteiger charge is -1.99. The third-order valence-electron chi connectivity index (χ3n) is 1.32. The fraction of sp³-hybridized carbons (Fsp3) is 0.429. The second kappa shape index (κ2) is 3.56. The van der Waals surface area contributed by atoms with Gasteiger partial charge in [-0.05, 0) is 12.7 Å². The molecule has 0 fully saturated rings. The van der Waals surface area contributed by atoms with Gasteiger partial charge in [-0.3, -0.25) is 0 Å². The Kier molecular flexibility index (Phi) is 2.68. The highest BCUT2D eigenvalue weighted by Gasteiger charge is 1.97. The Balaban J connectivity index is 2.96. The van der Waals surface area contributed by atoms with E-state index in [1.54, 1.807) is 18.1 Å². The molecular formula is C7H10N2S. The summed E-state index contributed by atoms with van der Waals surface area (Å²) in [4.78, 5) is 8.06. The molecular weight excluding hydrogens is 144 g/mol. The zero-order valence-corrected chi connectivity index (χ0v) is 6.98. The number of aryl methyl sites for hydroxylation is 1. The van der Waals surface area contributed by atoms with Crippen molar-refractivity contribution in [3.63, 3.8) is 0 Å². The van der Waals surface area contributed by atoms with Gasteiger partial charge in [-0.1, -0.05) is 6.92 Å². The molecule has 0 saturated carbocycles. The monoisotopic (exact) mass is 154 g/mol. The second-order valence-electron chi connectivity index (χ2n) is 1.91. The molecule has 3 heteroatoms. The zero-order chi connectivity index (χ0) is 7.40. The van der Waals surface area contributed by atoms with Crippen LogP contribution in [-0.2, 0) is 6.42 Å². The number of aromatic nitrogens is 2. The summed E-state index contributed by atoms with van der Waals surface area (Å²) in [6.07, 6.45) is 6.50. The first-order chi connectivity index (χ1) is 4.88. The molecule has 1 heterocycles. The van der Waals surface area contributed by atoms with Crippen molar-refractivity contribution in [2.45, 2.75) is 18.4 Å². The van der Waals surface area contributed by atoms with E-state index in [4.69, 9.17) is 0 Å². The third-order valence-corrected chi connectivity index (χ3v) is 2.08. The van der Waals surface area contributed by atoms with E-state index in [0.717, 1.165) is 11.4 Å². The standard InChI is InChI=1S/C7H10N2S/c1-3-6-4-8-5-9-7(6)10-2/h4-5H,3H2,1-2H3. The molecule has 1 aromatic heterocycles. The molecule has 0 unspecified atom stereocenters. The Labute approximate surface area is 65.1 Å². The molecule has 0 saturated heterocycles. The molecule has 1 aromatic rings. The first-order valence-electron chi connectivity index (χ1n) is 3.21. The Bertz CT molecular complexity index is 190. The average molecular weight is 154 g/mol. The SMILES string of the molecule is CCc1cncnc1SC. The third kappa shape index (κ3) is 1.48. The minimum absolute atomic E-state index is 1.01. The maximum absolute atomic E-state index is 4.12. The Morgan fingerprint density at radius 2 is 2.40 bits per heavy atom. The van der Waals surface area contributed by atoms with Gasteiger partial charge < -0.3 is 0 Å². The summed E-state index contributed by atoms with van der Waals surface area (Å²) < 4.78 is 0. The fourth-order valence-corrected chi connectivity index (χ4v) is 1.39. The summed E-state index contributed by atoms with van der Waals surface area (Å²) in [5, 5.41) is 1.09. The van der Waals surface area contributed by atoms with E-state index in [0.29, 0.717) is 0 Å². The molecule has 1 rings (SSSR count). The molecule has 0 N–H and O–H groups in total. The molecule has 2 nitrogen and oxygen atoms in total. The predicted octanol–water partition coefficient (Wildman–Crippen LogP) is 1.76. The van der Waals surface area contributed by atoms with Crippen LogP contribution in [0.25, 0.3) is 0 Å². The van der Waals surface area contributed by atoms with Crippen LogP contribution in [-0.4, -0.2) is 16.2 Å². The molecule has 0 aliphatic heterocycles. The van der Waals surface area contributed by atoms with E-state index in [2.05, 4.69) is 16.9 Å². The van der Waals surface area contributed by atoms with E-state index < -0.39 is 0 Å². The minimum Gasteiger partial charge on any atom is -0.244 e. The van der Waals surface area contributed by atoms with Crippen LogP contribution in [0.5, 0.6) is 0 Å². The molecule has 0 atom stereocenters. The summed E-state index contributed by atoms with van der Waals surface area (Å²) >= 11 is 1.67. The van der Waals surface area contributed by atoms with Crippen molar-refractivity contribution in [1.82, 2.24) is 9.97 Å². The van der Waals surface area contributed by atoms with Gasteiger partial charge in [0.05, 0.1) is 0 Å². The van der Waals surface area contributed by atoms with Crippen LogP contribution in [0.15, 0.2) is 17.6 Å². The van der Waals surface area contributed by atoms with Crippen molar-refractivity contribution in [3.8, 4) is 0 Å². The van der Waals surface area contributed by atoms with Gasteiger partial charge in [0, 0.05) is 11.8 Å². The highest BCUT2D eigenvalue weighted by molar-refractivity contribution is 7.98. The van der Waals surface area contributed by atoms with Crippen molar-refractivity contribution < 1.29 is 0 Å². The van der Waals surface area contributed by atoms with Crippen molar-refractivity contribution in [2.75, 3.05) is 6.26 Å². The van der Waals surface area contributed by atoms with Gasteiger partial charge in [0.2, 0.25) is 0 Å². The van der Waals surface area contributed by atoms with Gasteiger partial charge in [0.15, 0.2) is 0 Å². The summed E-state index contributed by atoms with van der Waals surface area (Å²) in [5.74, 6) is 0. The van der Waals surface area contributed by atoms with Crippen LogP contribution < -0.4 is 0 Å². The Morgan fingerprint density at radius 1 is 1.60 bits per heavy atom. The van der Waals surface area contributed by atoms with Gasteiger partial charge in [-0.2, -0.15) is 0 Å². The lowest BCUT2D eigenvalue weighted by Crippen LogP contribution is -1.89. The van der Waals surface area contributed by atoms with Gasteiger partial charge in [-0.25, -0.2) is 9.97 Å². The van der Waals surface area contributed by atoms with E-state index in [1.807, 2.05) is 12.5 Å². The first kappa shape index (κ1) is 7.54. The van der Waals surface area contributed by atoms with Gasteiger partial charge in [0.25, 0.3) is 0 Å². The van der Waals surface area contributed by atoms with Gasteiger partial charge >= 0.3 is 0 Å². The molecule has 0 radical (unpaired) electrons. The first-order valence-corrected chi connectivity index (χ1v) is 4.43. The van der Waals surface area contributed by atoms with Crippen LogP contribution in [0.3, 0.4) is 0 Å². The zero-order valence-electron chi connectivity index (χ0n) is 6.16. The summed E-state index contributed by atoms with van der Waals surface area (Å²) in [6, 6.07) is 0. The Morgan fingerprint density at radius 3 is 2.90 bits per heavy atom. The maximum Gasteiger partial charge on any atom is 0.116 e. The molecule has 0 spiro atoms. The van der Waals surface area contributed by atoms with Crippen molar-refractivity contribution in [2.24, 2.45) is 0 Å². The molecule has 0 bridgehead atoms. The highest BCUT2D eigenvalue weighted by Crippen LogP contribution is 2.15. The smallest absolute Gasteiger partial charge is 0.116 e. The molecule has 54 valence electrons. The normalized spacial score (nSPS) is 9.80. The largest absolute Gasteiger partial charge is 0.244 e. The van der Waals surface area contributed by atoms with E-state index in [9.17, 15) is 0 Å². The topological polar surface area (TPSA) is 25.8 Å². The van der Waals surface area contributed by atoms with Crippen LogP contribution in [0.1, 0.15) is 12.5 Å². The lowest BCUT2D eigenvalue weighted by atomic mass is 10.3. The Hall–Kier alpha value is -0.570. The highest BCUT2D eigenvalue weighted by atomic mass is 32.2. The molecule has 0 amide bonds. The summed E-state index contributed by atoms with van der Waals surface area (Å²) in [5.41, 5.74) is 1.23. The van der Waals surface area contributed by atoms with Crippen LogP contribution in [0.2, 0.25) is 0 Å². The molecule has 0 aromatic carbocycles. The number of hydrogen-bond acceptors (Lipinski definition) is 3. The van der Waals surface area contributed by atoms with Gasteiger partial charge in [-0.15, -0.1) is 11.8 Å². The number of thioether (sulfide) groups is 1. The average Bonchev–Trinajstić information content (AvgIpc) is 2.04. The maximum atomic E-state index is 4.12. The van der Waals surface area contributed by atoms with Crippen molar-refractivity contribution in [1.29, 1.82) is 0 Å². The van der Waals surface area contributed by atoms with Crippen LogP contribution >= 0.6 is 11.8 Å². The lowest BCUT2D eigenvalue weighted by molar-refractivity contribution is 0.945. The van der Waals surface area contributed by atoms with Crippen LogP contribution in [0, 0.1) is 0 Å².